The standard InChI is InChI=1S/C19H25ClN2O5/c1-6-8-25-16-13(20)9-12(10-14(16)24-7-2)17(23)26-11-15-21-18(22-27-15)19(3,4)5/h9-10H,6-8,11H2,1-5H3. The van der Waals surface area contributed by atoms with Crippen molar-refractivity contribution < 1.29 is 23.5 Å². The van der Waals surface area contributed by atoms with Gasteiger partial charge >= 0.3 is 5.97 Å². The smallest absolute Gasteiger partial charge is 0.338 e. The molecule has 0 atom stereocenters. The first-order valence-electron chi connectivity index (χ1n) is 8.85. The van der Waals surface area contributed by atoms with Crippen molar-refractivity contribution in [3.63, 3.8) is 0 Å². The average molecular weight is 397 g/mol. The van der Waals surface area contributed by atoms with Crippen molar-refractivity contribution in [1.82, 2.24) is 10.1 Å². The molecule has 2 aromatic rings. The number of esters is 1. The molecule has 0 saturated heterocycles. The van der Waals surface area contributed by atoms with E-state index in [1.54, 1.807) is 6.07 Å². The molecule has 0 N–H and O–H groups in total. The van der Waals surface area contributed by atoms with Gasteiger partial charge < -0.3 is 18.7 Å². The number of aromatic nitrogens is 2. The molecule has 0 saturated carbocycles. The molecule has 148 valence electrons. The zero-order valence-corrected chi connectivity index (χ0v) is 17.1. The van der Waals surface area contributed by atoms with Crippen molar-refractivity contribution in [2.24, 2.45) is 0 Å². The summed E-state index contributed by atoms with van der Waals surface area (Å²) in [5.74, 6) is 1.03. The molecule has 8 heteroatoms. The Balaban J connectivity index is 2.12. The Morgan fingerprint density at radius 2 is 1.96 bits per heavy atom. The van der Waals surface area contributed by atoms with Crippen LogP contribution in [0.5, 0.6) is 11.5 Å². The Bertz CT molecular complexity index is 783. The first kappa shape index (κ1) is 21.0. The summed E-state index contributed by atoms with van der Waals surface area (Å²) in [5, 5.41) is 4.18. The third-order valence-electron chi connectivity index (χ3n) is 3.46. The summed E-state index contributed by atoms with van der Waals surface area (Å²) in [6.45, 7) is 10.5. The van der Waals surface area contributed by atoms with Crippen molar-refractivity contribution >= 4 is 17.6 Å². The minimum absolute atomic E-state index is 0.127. The van der Waals surface area contributed by atoms with Crippen LogP contribution in [0.3, 0.4) is 0 Å². The summed E-state index contributed by atoms with van der Waals surface area (Å²) in [7, 11) is 0. The van der Waals surface area contributed by atoms with Crippen LogP contribution in [0.25, 0.3) is 0 Å². The highest BCUT2D eigenvalue weighted by molar-refractivity contribution is 6.32. The predicted octanol–water partition coefficient (Wildman–Crippen LogP) is 4.57. The van der Waals surface area contributed by atoms with E-state index < -0.39 is 5.97 Å². The van der Waals surface area contributed by atoms with Gasteiger partial charge in [-0.05, 0) is 25.5 Å². The second-order valence-corrected chi connectivity index (χ2v) is 7.31. The van der Waals surface area contributed by atoms with Gasteiger partial charge in [0.25, 0.3) is 5.89 Å². The zero-order chi connectivity index (χ0) is 20.0. The molecule has 0 aliphatic heterocycles. The SMILES string of the molecule is CCCOc1c(Cl)cc(C(=O)OCc2nc(C(C)(C)C)no2)cc1OCC. The topological polar surface area (TPSA) is 83.7 Å². The molecule has 0 amide bonds. The molecule has 0 aliphatic rings. The number of hydrogen-bond acceptors (Lipinski definition) is 7. The van der Waals surface area contributed by atoms with E-state index in [2.05, 4.69) is 10.1 Å². The molecule has 27 heavy (non-hydrogen) atoms. The minimum Gasteiger partial charge on any atom is -0.490 e. The van der Waals surface area contributed by atoms with E-state index in [9.17, 15) is 4.79 Å². The Morgan fingerprint density at radius 1 is 1.22 bits per heavy atom. The van der Waals surface area contributed by atoms with E-state index in [4.69, 9.17) is 30.3 Å². The third kappa shape index (κ3) is 5.60. The van der Waals surface area contributed by atoms with Crippen LogP contribution in [-0.4, -0.2) is 29.3 Å². The van der Waals surface area contributed by atoms with Crippen LogP contribution >= 0.6 is 11.6 Å². The molecule has 1 aromatic carbocycles. The van der Waals surface area contributed by atoms with Crippen LogP contribution < -0.4 is 9.47 Å². The van der Waals surface area contributed by atoms with Crippen molar-refractivity contribution in [2.75, 3.05) is 13.2 Å². The lowest BCUT2D eigenvalue weighted by Crippen LogP contribution is -2.13. The van der Waals surface area contributed by atoms with E-state index >= 15 is 0 Å². The maximum atomic E-state index is 12.4. The van der Waals surface area contributed by atoms with E-state index in [0.717, 1.165) is 6.42 Å². The Kier molecular flexibility index (Phi) is 7.07. The highest BCUT2D eigenvalue weighted by Crippen LogP contribution is 2.37. The molecule has 1 heterocycles. The maximum Gasteiger partial charge on any atom is 0.338 e. The molecular weight excluding hydrogens is 372 g/mol. The number of ether oxygens (including phenoxy) is 3. The van der Waals surface area contributed by atoms with Gasteiger partial charge in [-0.25, -0.2) is 4.79 Å². The average Bonchev–Trinajstić information content (AvgIpc) is 3.08. The number of rotatable bonds is 8. The van der Waals surface area contributed by atoms with Gasteiger partial charge in [-0.3, -0.25) is 0 Å². The van der Waals surface area contributed by atoms with Crippen LogP contribution in [-0.2, 0) is 16.8 Å². The second kappa shape index (κ2) is 9.08. The third-order valence-corrected chi connectivity index (χ3v) is 3.74. The van der Waals surface area contributed by atoms with Gasteiger partial charge in [0, 0.05) is 5.41 Å². The molecule has 0 radical (unpaired) electrons. The first-order valence-corrected chi connectivity index (χ1v) is 9.23. The summed E-state index contributed by atoms with van der Waals surface area (Å²) in [6.07, 6.45) is 0.826. The van der Waals surface area contributed by atoms with Crippen LogP contribution in [0.4, 0.5) is 0 Å². The lowest BCUT2D eigenvalue weighted by atomic mass is 9.96. The first-order chi connectivity index (χ1) is 12.8. The van der Waals surface area contributed by atoms with Gasteiger partial charge in [0.2, 0.25) is 0 Å². The molecule has 0 unspecified atom stereocenters. The van der Waals surface area contributed by atoms with Crippen molar-refractivity contribution in [1.29, 1.82) is 0 Å². The fourth-order valence-corrected chi connectivity index (χ4v) is 2.39. The molecule has 0 bridgehead atoms. The zero-order valence-electron chi connectivity index (χ0n) is 16.3. The number of benzene rings is 1. The van der Waals surface area contributed by atoms with E-state index in [1.165, 1.54) is 6.07 Å². The predicted molar refractivity (Wildman–Crippen MR) is 101 cm³/mol. The fourth-order valence-electron chi connectivity index (χ4n) is 2.12. The van der Waals surface area contributed by atoms with Crippen LogP contribution in [0.15, 0.2) is 16.7 Å². The van der Waals surface area contributed by atoms with Crippen molar-refractivity contribution in [2.45, 2.75) is 53.1 Å². The van der Waals surface area contributed by atoms with Crippen molar-refractivity contribution in [3.05, 3.63) is 34.4 Å². The highest BCUT2D eigenvalue weighted by atomic mass is 35.5. The lowest BCUT2D eigenvalue weighted by Gasteiger charge is -2.14. The fraction of sp³-hybridized carbons (Fsp3) is 0.526. The molecule has 0 spiro atoms. The number of nitrogens with zero attached hydrogens (tertiary/aromatic N) is 2. The molecule has 1 aromatic heterocycles. The van der Waals surface area contributed by atoms with Gasteiger partial charge in [0.15, 0.2) is 23.9 Å². The van der Waals surface area contributed by atoms with Crippen molar-refractivity contribution in [3.8, 4) is 11.5 Å². The number of hydrogen-bond donors (Lipinski definition) is 0. The number of carbonyl (C=O) groups excluding carboxylic acids is 1. The summed E-state index contributed by atoms with van der Waals surface area (Å²) < 4.78 is 21.6. The molecule has 2 rings (SSSR count). The Hall–Kier alpha value is -2.28. The Morgan fingerprint density at radius 3 is 2.56 bits per heavy atom. The highest BCUT2D eigenvalue weighted by Gasteiger charge is 2.22. The van der Waals surface area contributed by atoms with Gasteiger partial charge in [0.1, 0.15) is 0 Å². The number of carbonyl (C=O) groups is 1. The van der Waals surface area contributed by atoms with E-state index in [0.29, 0.717) is 30.5 Å². The molecular formula is C19H25ClN2O5. The van der Waals surface area contributed by atoms with Crippen LogP contribution in [0.2, 0.25) is 5.02 Å². The van der Waals surface area contributed by atoms with Gasteiger partial charge in [-0.1, -0.05) is 44.5 Å². The second-order valence-electron chi connectivity index (χ2n) is 6.90. The summed E-state index contributed by atoms with van der Waals surface area (Å²) in [5.41, 5.74) is 0.00264. The minimum atomic E-state index is -0.574. The quantitative estimate of drug-likeness (QED) is 0.604. The normalized spacial score (nSPS) is 11.3. The van der Waals surface area contributed by atoms with Gasteiger partial charge in [-0.2, -0.15) is 4.98 Å². The maximum absolute atomic E-state index is 12.4. The number of halogens is 1. The van der Waals surface area contributed by atoms with Gasteiger partial charge in [0.05, 0.1) is 23.8 Å². The van der Waals surface area contributed by atoms with Crippen LogP contribution in [0.1, 0.15) is 63.1 Å². The molecule has 7 nitrogen and oxygen atoms in total. The monoisotopic (exact) mass is 396 g/mol. The lowest BCUT2D eigenvalue weighted by molar-refractivity contribution is 0.0429. The largest absolute Gasteiger partial charge is 0.490 e. The van der Waals surface area contributed by atoms with E-state index in [1.807, 2.05) is 34.6 Å². The van der Waals surface area contributed by atoms with Crippen LogP contribution in [0, 0.1) is 0 Å². The molecule has 0 fully saturated rings. The van der Waals surface area contributed by atoms with Gasteiger partial charge in [-0.15, -0.1) is 0 Å². The molecule has 0 aliphatic carbocycles. The summed E-state index contributed by atoms with van der Waals surface area (Å²) in [6, 6.07) is 3.04. The summed E-state index contributed by atoms with van der Waals surface area (Å²) in [4.78, 5) is 16.6. The van der Waals surface area contributed by atoms with E-state index in [-0.39, 0.29) is 28.5 Å². The Labute approximate surface area is 163 Å². The summed E-state index contributed by atoms with van der Waals surface area (Å²) >= 11 is 6.27.